The number of rotatable bonds is 4. The van der Waals surface area contributed by atoms with Gasteiger partial charge >= 0.3 is 0 Å². The smallest absolute Gasteiger partial charge is 0.131 e. The summed E-state index contributed by atoms with van der Waals surface area (Å²) in [7, 11) is 6.27. The van der Waals surface area contributed by atoms with Gasteiger partial charge < -0.3 is 4.74 Å². The van der Waals surface area contributed by atoms with Crippen LogP contribution in [0.15, 0.2) is 0 Å². The Morgan fingerprint density at radius 2 is 2.12 bits per heavy atom. The standard InChI is InChI=1S/C3H5Cl3OS/c4-3(5)1-7-2-8-6/h3H,1-2H2. The van der Waals surface area contributed by atoms with Crippen LogP contribution in [0.5, 0.6) is 0 Å². The van der Waals surface area contributed by atoms with Crippen LogP contribution in [0.25, 0.3) is 0 Å². The van der Waals surface area contributed by atoms with E-state index < -0.39 is 4.84 Å². The normalized spacial score (nSPS) is 10.5. The molecule has 5 heteroatoms. The molecule has 0 spiro atoms. The first-order valence-corrected chi connectivity index (χ1v) is 4.55. The van der Waals surface area contributed by atoms with Crippen LogP contribution in [0, 0.1) is 0 Å². The lowest BCUT2D eigenvalue weighted by atomic mass is 10.9. The maximum absolute atomic E-state index is 5.30. The van der Waals surface area contributed by atoms with Crippen LogP contribution >= 0.6 is 44.9 Å². The van der Waals surface area contributed by atoms with Crippen molar-refractivity contribution in [2.75, 3.05) is 12.5 Å². The second kappa shape index (κ2) is 6.30. The molecule has 0 N–H and O–H groups in total. The molecule has 0 heterocycles. The summed E-state index contributed by atoms with van der Waals surface area (Å²) in [6.07, 6.45) is 0. The first-order chi connectivity index (χ1) is 3.77. The van der Waals surface area contributed by atoms with Crippen molar-refractivity contribution in [1.29, 1.82) is 0 Å². The van der Waals surface area contributed by atoms with Gasteiger partial charge in [-0.3, -0.25) is 0 Å². The third kappa shape index (κ3) is 7.18. The minimum absolute atomic E-state index is 0.336. The Labute approximate surface area is 67.1 Å². The largest absolute Gasteiger partial charge is 0.367 e. The Hall–Kier alpha value is 1.18. The molecule has 0 rings (SSSR count). The Balaban J connectivity index is 2.72. The van der Waals surface area contributed by atoms with Gasteiger partial charge in [0.25, 0.3) is 0 Å². The first-order valence-electron chi connectivity index (χ1n) is 1.87. The number of hydrogen-bond donors (Lipinski definition) is 0. The zero-order valence-electron chi connectivity index (χ0n) is 3.94. The fourth-order valence-electron chi connectivity index (χ4n) is 0.169. The van der Waals surface area contributed by atoms with Gasteiger partial charge in [-0.25, -0.2) is 0 Å². The number of hydrogen-bond acceptors (Lipinski definition) is 2. The molecule has 0 aromatic rings. The topological polar surface area (TPSA) is 9.23 Å². The van der Waals surface area contributed by atoms with Crippen LogP contribution in [0.2, 0.25) is 0 Å². The highest BCUT2D eigenvalue weighted by Gasteiger charge is 1.95. The summed E-state index contributed by atoms with van der Waals surface area (Å²) >= 11 is 10.6. The molecule has 0 radical (unpaired) electrons. The third-order valence-corrected chi connectivity index (χ3v) is 1.15. The van der Waals surface area contributed by atoms with Crippen LogP contribution in [0.4, 0.5) is 0 Å². The Morgan fingerprint density at radius 3 is 2.50 bits per heavy atom. The minimum atomic E-state index is -0.446. The molecule has 1 nitrogen and oxygen atoms in total. The van der Waals surface area contributed by atoms with Crippen molar-refractivity contribution in [2.24, 2.45) is 0 Å². The van der Waals surface area contributed by atoms with E-state index in [0.29, 0.717) is 12.5 Å². The lowest BCUT2D eigenvalue weighted by molar-refractivity contribution is 0.196. The van der Waals surface area contributed by atoms with Crippen molar-refractivity contribution in [3.63, 3.8) is 0 Å². The van der Waals surface area contributed by atoms with E-state index in [1.807, 2.05) is 0 Å². The maximum atomic E-state index is 5.30. The molecule has 0 aromatic heterocycles. The highest BCUT2D eigenvalue weighted by molar-refractivity contribution is 8.20. The van der Waals surface area contributed by atoms with Crippen LogP contribution < -0.4 is 0 Å². The molecule has 0 amide bonds. The summed E-state index contributed by atoms with van der Waals surface area (Å²) in [5, 5.41) is 0. The highest BCUT2D eigenvalue weighted by Crippen LogP contribution is 2.07. The lowest BCUT2D eigenvalue weighted by Crippen LogP contribution is -2.00. The van der Waals surface area contributed by atoms with E-state index >= 15 is 0 Å². The van der Waals surface area contributed by atoms with Crippen LogP contribution in [0.3, 0.4) is 0 Å². The van der Waals surface area contributed by atoms with Gasteiger partial charge in [0, 0.05) is 0 Å². The minimum Gasteiger partial charge on any atom is -0.367 e. The zero-order chi connectivity index (χ0) is 6.41. The van der Waals surface area contributed by atoms with Crippen molar-refractivity contribution in [1.82, 2.24) is 0 Å². The number of alkyl halides is 2. The van der Waals surface area contributed by atoms with Gasteiger partial charge in [0.15, 0.2) is 0 Å². The first kappa shape index (κ1) is 9.18. The van der Waals surface area contributed by atoms with E-state index in [1.165, 1.54) is 0 Å². The van der Waals surface area contributed by atoms with E-state index in [-0.39, 0.29) is 0 Å². The summed E-state index contributed by atoms with van der Waals surface area (Å²) in [4.78, 5) is -0.446. The summed E-state index contributed by atoms with van der Waals surface area (Å²) in [6.45, 7) is 0.336. The quantitative estimate of drug-likeness (QED) is 0.387. The van der Waals surface area contributed by atoms with Crippen molar-refractivity contribution in [2.45, 2.75) is 4.84 Å². The fraction of sp³-hybridized carbons (Fsp3) is 1.00. The monoisotopic (exact) mass is 194 g/mol. The summed E-state index contributed by atoms with van der Waals surface area (Å²) in [5.41, 5.74) is 0. The number of ether oxygens (including phenoxy) is 1. The number of halogens is 3. The van der Waals surface area contributed by atoms with E-state index in [4.69, 9.17) is 38.6 Å². The second-order valence-electron chi connectivity index (χ2n) is 0.989. The van der Waals surface area contributed by atoms with Gasteiger partial charge in [-0.05, 0) is 21.7 Å². The van der Waals surface area contributed by atoms with Gasteiger partial charge in [-0.2, -0.15) is 0 Å². The SMILES string of the molecule is ClSCOCC(Cl)Cl. The van der Waals surface area contributed by atoms with Crippen molar-refractivity contribution in [3.8, 4) is 0 Å². The average Bonchev–Trinajstić information content (AvgIpc) is 1.66. The van der Waals surface area contributed by atoms with E-state index in [0.717, 1.165) is 11.0 Å². The van der Waals surface area contributed by atoms with Crippen molar-refractivity contribution in [3.05, 3.63) is 0 Å². The lowest BCUT2D eigenvalue weighted by Gasteiger charge is -1.98. The van der Waals surface area contributed by atoms with Crippen LogP contribution in [-0.2, 0) is 4.74 Å². The van der Waals surface area contributed by atoms with Gasteiger partial charge in [-0.1, -0.05) is 0 Å². The maximum Gasteiger partial charge on any atom is 0.131 e. The molecule has 8 heavy (non-hydrogen) atoms. The van der Waals surface area contributed by atoms with Crippen LogP contribution in [-0.4, -0.2) is 17.4 Å². The molecule has 50 valence electrons. The third-order valence-electron chi connectivity index (χ3n) is 0.372. The van der Waals surface area contributed by atoms with Crippen LogP contribution in [0.1, 0.15) is 0 Å². The zero-order valence-corrected chi connectivity index (χ0v) is 7.03. The molecule has 0 bridgehead atoms. The van der Waals surface area contributed by atoms with Gasteiger partial charge in [0.05, 0.1) is 6.61 Å². The molecule has 0 aliphatic rings. The van der Waals surface area contributed by atoms with E-state index in [9.17, 15) is 0 Å². The average molecular weight is 195 g/mol. The Morgan fingerprint density at radius 1 is 1.50 bits per heavy atom. The molecular formula is C3H5Cl3OS. The van der Waals surface area contributed by atoms with E-state index in [2.05, 4.69) is 0 Å². The molecule has 0 saturated heterocycles. The molecule has 0 aromatic carbocycles. The highest BCUT2D eigenvalue weighted by atomic mass is 35.7. The van der Waals surface area contributed by atoms with Crippen molar-refractivity contribution >= 4 is 44.9 Å². The molecule has 0 unspecified atom stereocenters. The molecule has 0 aliphatic heterocycles. The van der Waals surface area contributed by atoms with E-state index in [1.54, 1.807) is 0 Å². The Bertz CT molecular complexity index is 51.8. The molecule has 0 aliphatic carbocycles. The summed E-state index contributed by atoms with van der Waals surface area (Å²) < 4.78 is 4.81. The molecule has 0 atom stereocenters. The summed E-state index contributed by atoms with van der Waals surface area (Å²) in [5.74, 6) is 0.428. The predicted octanol–water partition coefficient (Wildman–Crippen LogP) is 2.65. The molecular weight excluding hydrogens is 190 g/mol. The Kier molecular flexibility index (Phi) is 7.23. The summed E-state index contributed by atoms with van der Waals surface area (Å²) in [6, 6.07) is 0. The molecule has 0 fully saturated rings. The van der Waals surface area contributed by atoms with Crippen molar-refractivity contribution < 1.29 is 4.74 Å². The molecule has 0 saturated carbocycles. The predicted molar refractivity (Wildman–Crippen MR) is 39.8 cm³/mol. The van der Waals surface area contributed by atoms with Gasteiger partial charge in [0.1, 0.15) is 10.8 Å². The second-order valence-corrected chi connectivity index (χ2v) is 3.37. The van der Waals surface area contributed by atoms with Gasteiger partial charge in [0.2, 0.25) is 0 Å². The fourth-order valence-corrected chi connectivity index (χ4v) is 0.695. The van der Waals surface area contributed by atoms with Gasteiger partial charge in [-0.15, -0.1) is 23.2 Å².